The van der Waals surface area contributed by atoms with Crippen molar-refractivity contribution in [1.29, 1.82) is 0 Å². The quantitative estimate of drug-likeness (QED) is 0.772. The molecule has 1 aliphatic rings. The highest BCUT2D eigenvalue weighted by Gasteiger charge is 2.34. The van der Waals surface area contributed by atoms with Crippen LogP contribution in [-0.2, 0) is 13.0 Å². The van der Waals surface area contributed by atoms with Crippen molar-refractivity contribution in [2.45, 2.75) is 13.0 Å². The molecule has 0 N–H and O–H groups in total. The van der Waals surface area contributed by atoms with E-state index in [1.165, 1.54) is 9.58 Å². The van der Waals surface area contributed by atoms with Crippen molar-refractivity contribution < 1.29 is 14.0 Å². The number of rotatable bonds is 5. The van der Waals surface area contributed by atoms with Crippen LogP contribution in [0, 0.1) is 0 Å². The van der Waals surface area contributed by atoms with Gasteiger partial charge in [0.2, 0.25) is 0 Å². The molecule has 7 heteroatoms. The number of imide groups is 1. The lowest BCUT2D eigenvalue weighted by Gasteiger charge is -2.12. The number of alkyl halides is 1. The van der Waals surface area contributed by atoms with Crippen LogP contribution >= 0.6 is 0 Å². The van der Waals surface area contributed by atoms with Gasteiger partial charge in [-0.05, 0) is 12.1 Å². The Bertz CT molecular complexity index is 663. The maximum absolute atomic E-state index is 12.2. The van der Waals surface area contributed by atoms with Crippen LogP contribution in [0.4, 0.5) is 4.39 Å². The molecule has 6 nitrogen and oxygen atoms in total. The number of hydrogen-bond acceptors (Lipinski definition) is 4. The molecule has 1 aromatic carbocycles. The zero-order valence-electron chi connectivity index (χ0n) is 11.2. The molecule has 2 amide bonds. The van der Waals surface area contributed by atoms with Crippen molar-refractivity contribution in [3.8, 4) is 0 Å². The summed E-state index contributed by atoms with van der Waals surface area (Å²) in [6, 6.07) is 6.76. The third kappa shape index (κ3) is 2.42. The fourth-order valence-electron chi connectivity index (χ4n) is 2.32. The maximum atomic E-state index is 12.2. The second kappa shape index (κ2) is 5.43. The number of halogens is 1. The van der Waals surface area contributed by atoms with E-state index in [4.69, 9.17) is 0 Å². The van der Waals surface area contributed by atoms with E-state index in [0.717, 1.165) is 0 Å². The van der Waals surface area contributed by atoms with Gasteiger partial charge >= 0.3 is 0 Å². The second-order valence-corrected chi connectivity index (χ2v) is 4.72. The Morgan fingerprint density at radius 1 is 1.05 bits per heavy atom. The molecular formula is C14H13FN4O2. The molecular weight excluding hydrogens is 275 g/mol. The van der Waals surface area contributed by atoms with Crippen LogP contribution in [-0.4, -0.2) is 44.9 Å². The number of carbonyl (C=O) groups is 2. The molecule has 0 spiro atoms. The summed E-state index contributed by atoms with van der Waals surface area (Å²) in [5, 5.41) is 7.66. The summed E-state index contributed by atoms with van der Waals surface area (Å²) < 4.78 is 13.6. The summed E-state index contributed by atoms with van der Waals surface area (Å²) >= 11 is 0. The monoisotopic (exact) mass is 288 g/mol. The number of carbonyl (C=O) groups excluding carboxylic acids is 2. The van der Waals surface area contributed by atoms with Gasteiger partial charge < -0.3 is 0 Å². The average Bonchev–Trinajstić information content (AvgIpc) is 3.03. The Labute approximate surface area is 120 Å². The lowest BCUT2D eigenvalue weighted by atomic mass is 10.1. The third-order valence-electron chi connectivity index (χ3n) is 3.37. The molecule has 0 aliphatic carbocycles. The molecule has 2 heterocycles. The normalized spacial score (nSPS) is 13.9. The number of amides is 2. The lowest BCUT2D eigenvalue weighted by molar-refractivity contribution is 0.0656. The van der Waals surface area contributed by atoms with E-state index in [2.05, 4.69) is 10.3 Å². The molecule has 0 atom stereocenters. The van der Waals surface area contributed by atoms with Crippen LogP contribution in [0.25, 0.3) is 0 Å². The SMILES string of the molecule is O=C1c2ccccc2C(=O)N1CCc1cn(CCF)nn1. The molecule has 2 aromatic rings. The van der Waals surface area contributed by atoms with Gasteiger partial charge in [-0.25, -0.2) is 9.07 Å². The van der Waals surface area contributed by atoms with E-state index in [1.807, 2.05) is 0 Å². The van der Waals surface area contributed by atoms with E-state index in [9.17, 15) is 14.0 Å². The van der Waals surface area contributed by atoms with Crippen molar-refractivity contribution in [2.24, 2.45) is 0 Å². The van der Waals surface area contributed by atoms with E-state index < -0.39 is 6.67 Å². The van der Waals surface area contributed by atoms with Gasteiger partial charge in [-0.3, -0.25) is 14.5 Å². The zero-order chi connectivity index (χ0) is 14.8. The summed E-state index contributed by atoms with van der Waals surface area (Å²) in [6.45, 7) is -0.123. The average molecular weight is 288 g/mol. The largest absolute Gasteiger partial charge is 0.274 e. The van der Waals surface area contributed by atoms with Gasteiger partial charge in [0.1, 0.15) is 6.67 Å². The van der Waals surface area contributed by atoms with Gasteiger partial charge in [-0.2, -0.15) is 0 Å². The molecule has 0 saturated heterocycles. The number of benzene rings is 1. The van der Waals surface area contributed by atoms with Crippen molar-refractivity contribution in [3.63, 3.8) is 0 Å². The number of hydrogen-bond donors (Lipinski definition) is 0. The predicted octanol–water partition coefficient (Wildman–Crippen LogP) is 1.09. The number of aryl methyl sites for hydroxylation is 1. The van der Waals surface area contributed by atoms with Crippen molar-refractivity contribution in [1.82, 2.24) is 19.9 Å². The molecule has 0 radical (unpaired) electrons. The molecule has 108 valence electrons. The van der Waals surface area contributed by atoms with E-state index >= 15 is 0 Å². The van der Waals surface area contributed by atoms with Gasteiger partial charge in [0.15, 0.2) is 0 Å². The molecule has 0 bridgehead atoms. The molecule has 21 heavy (non-hydrogen) atoms. The van der Waals surface area contributed by atoms with Gasteiger partial charge in [-0.15, -0.1) is 5.10 Å². The number of aromatic nitrogens is 3. The zero-order valence-corrected chi connectivity index (χ0v) is 11.2. The van der Waals surface area contributed by atoms with E-state index in [-0.39, 0.29) is 24.9 Å². The Balaban J connectivity index is 1.69. The van der Waals surface area contributed by atoms with Crippen LogP contribution in [0.15, 0.2) is 30.5 Å². The highest BCUT2D eigenvalue weighted by Crippen LogP contribution is 2.22. The van der Waals surface area contributed by atoms with Crippen molar-refractivity contribution >= 4 is 11.8 Å². The van der Waals surface area contributed by atoms with Crippen LogP contribution in [0.5, 0.6) is 0 Å². The van der Waals surface area contributed by atoms with Crippen LogP contribution in [0.2, 0.25) is 0 Å². The summed E-state index contributed by atoms with van der Waals surface area (Å²) in [4.78, 5) is 25.5. The first kappa shape index (κ1) is 13.4. The Morgan fingerprint density at radius 3 is 2.33 bits per heavy atom. The minimum Gasteiger partial charge on any atom is -0.274 e. The highest BCUT2D eigenvalue weighted by atomic mass is 19.1. The van der Waals surface area contributed by atoms with E-state index in [0.29, 0.717) is 23.2 Å². The first-order valence-electron chi connectivity index (χ1n) is 6.61. The summed E-state index contributed by atoms with van der Waals surface area (Å²) in [7, 11) is 0. The van der Waals surface area contributed by atoms with Crippen LogP contribution in [0.3, 0.4) is 0 Å². The maximum Gasteiger partial charge on any atom is 0.261 e. The van der Waals surface area contributed by atoms with Gasteiger partial charge in [0, 0.05) is 19.2 Å². The number of nitrogens with zero attached hydrogens (tertiary/aromatic N) is 4. The van der Waals surface area contributed by atoms with Gasteiger partial charge in [-0.1, -0.05) is 17.3 Å². The van der Waals surface area contributed by atoms with Gasteiger partial charge in [0.05, 0.1) is 23.4 Å². The summed E-state index contributed by atoms with van der Waals surface area (Å²) in [5.74, 6) is -0.571. The first-order valence-corrected chi connectivity index (χ1v) is 6.61. The Morgan fingerprint density at radius 2 is 1.71 bits per heavy atom. The van der Waals surface area contributed by atoms with Crippen LogP contribution < -0.4 is 0 Å². The Hall–Kier alpha value is -2.57. The third-order valence-corrected chi connectivity index (χ3v) is 3.37. The van der Waals surface area contributed by atoms with Crippen molar-refractivity contribution in [3.05, 3.63) is 47.3 Å². The minimum atomic E-state index is -0.513. The predicted molar refractivity (Wildman–Crippen MR) is 71.5 cm³/mol. The molecule has 0 fully saturated rings. The number of fused-ring (bicyclic) bond motifs is 1. The highest BCUT2D eigenvalue weighted by molar-refractivity contribution is 6.21. The summed E-state index contributed by atoms with van der Waals surface area (Å²) in [6.07, 6.45) is 2.02. The molecule has 0 unspecified atom stereocenters. The second-order valence-electron chi connectivity index (χ2n) is 4.72. The molecule has 1 aromatic heterocycles. The Kier molecular flexibility index (Phi) is 3.47. The lowest BCUT2D eigenvalue weighted by Crippen LogP contribution is -2.31. The van der Waals surface area contributed by atoms with Crippen LogP contribution in [0.1, 0.15) is 26.4 Å². The standard InChI is InChI=1S/C14H13FN4O2/c15-6-8-18-9-10(16-17-18)5-7-19-13(20)11-3-1-2-4-12(11)14(19)21/h1-4,9H,5-8H2. The minimum absolute atomic E-state index is 0.153. The smallest absolute Gasteiger partial charge is 0.261 e. The fourth-order valence-corrected chi connectivity index (χ4v) is 2.32. The molecule has 1 aliphatic heterocycles. The van der Waals surface area contributed by atoms with Gasteiger partial charge in [0.25, 0.3) is 11.8 Å². The molecule has 0 saturated carbocycles. The van der Waals surface area contributed by atoms with E-state index in [1.54, 1.807) is 30.5 Å². The summed E-state index contributed by atoms with van der Waals surface area (Å²) in [5.41, 5.74) is 1.49. The first-order chi connectivity index (χ1) is 10.2. The van der Waals surface area contributed by atoms with Crippen molar-refractivity contribution in [2.75, 3.05) is 13.2 Å². The fraction of sp³-hybridized carbons (Fsp3) is 0.286. The topological polar surface area (TPSA) is 68.1 Å². The molecule has 3 rings (SSSR count).